The van der Waals surface area contributed by atoms with Gasteiger partial charge >= 0.3 is 0 Å². The van der Waals surface area contributed by atoms with Gasteiger partial charge < -0.3 is 9.73 Å². The zero-order valence-corrected chi connectivity index (χ0v) is 12.3. The third-order valence-electron chi connectivity index (χ3n) is 3.01. The van der Waals surface area contributed by atoms with Gasteiger partial charge in [0, 0.05) is 6.04 Å². The smallest absolute Gasteiger partial charge is 0.0935 e. The Morgan fingerprint density at radius 2 is 2.05 bits per heavy atom. The summed E-state index contributed by atoms with van der Waals surface area (Å²) in [5.74, 6) is 0. The second-order valence-electron chi connectivity index (χ2n) is 4.52. The highest BCUT2D eigenvalue weighted by Gasteiger charge is 2.13. The molecule has 4 heteroatoms. The van der Waals surface area contributed by atoms with E-state index in [4.69, 9.17) is 27.6 Å². The topological polar surface area (TPSA) is 25.2 Å². The first kappa shape index (κ1) is 14.4. The molecule has 0 radical (unpaired) electrons. The fourth-order valence-corrected chi connectivity index (χ4v) is 2.31. The largest absolute Gasteiger partial charge is 0.472 e. The van der Waals surface area contributed by atoms with E-state index in [9.17, 15) is 0 Å². The molecule has 1 atom stereocenters. The van der Waals surface area contributed by atoms with Crippen molar-refractivity contribution >= 4 is 23.2 Å². The first-order valence-electron chi connectivity index (χ1n) is 6.40. The molecule has 1 aromatic carbocycles. The fraction of sp³-hybridized carbons (Fsp3) is 0.333. The van der Waals surface area contributed by atoms with Crippen LogP contribution in [0.15, 0.2) is 41.2 Å². The zero-order chi connectivity index (χ0) is 13.7. The minimum absolute atomic E-state index is 0.215. The number of halogens is 2. The average Bonchev–Trinajstić information content (AvgIpc) is 2.91. The summed E-state index contributed by atoms with van der Waals surface area (Å²) in [7, 11) is 0. The molecule has 0 amide bonds. The molecule has 0 saturated heterocycles. The third-order valence-corrected chi connectivity index (χ3v) is 3.75. The molecule has 1 heterocycles. The highest BCUT2D eigenvalue weighted by atomic mass is 35.5. The number of furan rings is 1. The maximum Gasteiger partial charge on any atom is 0.0935 e. The first-order chi connectivity index (χ1) is 9.20. The van der Waals surface area contributed by atoms with Gasteiger partial charge in [-0.3, -0.25) is 0 Å². The van der Waals surface area contributed by atoms with E-state index in [1.807, 2.05) is 24.3 Å². The molecule has 0 fully saturated rings. The maximum atomic E-state index is 6.10. The van der Waals surface area contributed by atoms with Crippen molar-refractivity contribution in [2.45, 2.75) is 25.8 Å². The van der Waals surface area contributed by atoms with Crippen LogP contribution in [0, 0.1) is 0 Å². The van der Waals surface area contributed by atoms with Crippen LogP contribution in [0.4, 0.5) is 0 Å². The minimum Gasteiger partial charge on any atom is -0.472 e. The number of hydrogen-bond donors (Lipinski definition) is 1. The van der Waals surface area contributed by atoms with Crippen molar-refractivity contribution in [1.82, 2.24) is 5.32 Å². The Bertz CT molecular complexity index is 511. The van der Waals surface area contributed by atoms with Crippen LogP contribution in [0.2, 0.25) is 10.0 Å². The zero-order valence-electron chi connectivity index (χ0n) is 10.8. The van der Waals surface area contributed by atoms with Gasteiger partial charge in [0.2, 0.25) is 0 Å². The minimum atomic E-state index is 0.215. The predicted molar refractivity (Wildman–Crippen MR) is 79.9 cm³/mol. The summed E-state index contributed by atoms with van der Waals surface area (Å²) in [5.41, 5.74) is 2.31. The van der Waals surface area contributed by atoms with E-state index in [1.54, 1.807) is 12.5 Å². The van der Waals surface area contributed by atoms with Crippen LogP contribution >= 0.6 is 23.2 Å². The normalized spacial score (nSPS) is 12.6. The molecule has 1 aromatic heterocycles. The van der Waals surface area contributed by atoms with Gasteiger partial charge in [0.1, 0.15) is 0 Å². The Labute approximate surface area is 123 Å². The van der Waals surface area contributed by atoms with Crippen LogP contribution in [-0.2, 0) is 6.42 Å². The molecule has 0 aliphatic heterocycles. The standard InChI is InChI=1S/C15H17Cl2NO/c1-2-6-18-15(8-11-5-7-19-10-11)12-3-4-13(16)14(17)9-12/h3-5,7,9-10,15,18H,2,6,8H2,1H3. The third kappa shape index (κ3) is 4.00. The Morgan fingerprint density at radius 3 is 2.68 bits per heavy atom. The highest BCUT2D eigenvalue weighted by molar-refractivity contribution is 6.42. The molecule has 0 spiro atoms. The summed E-state index contributed by atoms with van der Waals surface area (Å²) in [5, 5.41) is 4.71. The molecule has 0 bridgehead atoms. The van der Waals surface area contributed by atoms with Crippen LogP contribution < -0.4 is 5.32 Å². The molecule has 19 heavy (non-hydrogen) atoms. The highest BCUT2D eigenvalue weighted by Crippen LogP contribution is 2.27. The summed E-state index contributed by atoms with van der Waals surface area (Å²) >= 11 is 12.1. The van der Waals surface area contributed by atoms with Crippen LogP contribution in [0.3, 0.4) is 0 Å². The van der Waals surface area contributed by atoms with E-state index in [2.05, 4.69) is 12.2 Å². The summed E-state index contributed by atoms with van der Waals surface area (Å²) in [6.45, 7) is 3.11. The van der Waals surface area contributed by atoms with Crippen molar-refractivity contribution < 1.29 is 4.42 Å². The summed E-state index contributed by atoms with van der Waals surface area (Å²) in [6.07, 6.45) is 5.43. The van der Waals surface area contributed by atoms with E-state index < -0.39 is 0 Å². The van der Waals surface area contributed by atoms with Crippen LogP contribution in [-0.4, -0.2) is 6.54 Å². The van der Waals surface area contributed by atoms with Crippen LogP contribution in [0.25, 0.3) is 0 Å². The van der Waals surface area contributed by atoms with Crippen molar-refractivity contribution in [3.63, 3.8) is 0 Å². The van der Waals surface area contributed by atoms with E-state index in [1.165, 1.54) is 5.56 Å². The van der Waals surface area contributed by atoms with Crippen molar-refractivity contribution in [2.24, 2.45) is 0 Å². The van der Waals surface area contributed by atoms with Crippen LogP contribution in [0.5, 0.6) is 0 Å². The monoisotopic (exact) mass is 297 g/mol. The number of nitrogens with one attached hydrogen (secondary N) is 1. The lowest BCUT2D eigenvalue weighted by Gasteiger charge is -2.19. The molecule has 0 saturated carbocycles. The van der Waals surface area contributed by atoms with Crippen molar-refractivity contribution in [2.75, 3.05) is 6.54 Å². The number of benzene rings is 1. The van der Waals surface area contributed by atoms with Gasteiger partial charge in [-0.1, -0.05) is 36.2 Å². The molecule has 0 aliphatic rings. The molecule has 0 aliphatic carbocycles. The van der Waals surface area contributed by atoms with E-state index in [-0.39, 0.29) is 6.04 Å². The molecule has 2 rings (SSSR count). The van der Waals surface area contributed by atoms with E-state index >= 15 is 0 Å². The lowest BCUT2D eigenvalue weighted by molar-refractivity contribution is 0.520. The van der Waals surface area contributed by atoms with Crippen molar-refractivity contribution in [3.8, 4) is 0 Å². The van der Waals surface area contributed by atoms with Crippen molar-refractivity contribution in [3.05, 3.63) is 58.0 Å². The van der Waals surface area contributed by atoms with Gasteiger partial charge in [-0.25, -0.2) is 0 Å². The predicted octanol–water partition coefficient (Wildman–Crippen LogP) is 4.87. The summed E-state index contributed by atoms with van der Waals surface area (Å²) < 4.78 is 5.12. The molecule has 2 nitrogen and oxygen atoms in total. The lowest BCUT2D eigenvalue weighted by atomic mass is 10.0. The van der Waals surface area contributed by atoms with Crippen molar-refractivity contribution in [1.29, 1.82) is 0 Å². The molecule has 1 unspecified atom stereocenters. The van der Waals surface area contributed by atoms with E-state index in [0.717, 1.165) is 24.9 Å². The van der Waals surface area contributed by atoms with Gasteiger partial charge in [0.25, 0.3) is 0 Å². The first-order valence-corrected chi connectivity index (χ1v) is 7.15. The molecular formula is C15H17Cl2NO. The second kappa shape index (κ2) is 6.99. The number of rotatable bonds is 6. The quantitative estimate of drug-likeness (QED) is 0.823. The SMILES string of the molecule is CCCNC(Cc1ccoc1)c1ccc(Cl)c(Cl)c1. The lowest BCUT2D eigenvalue weighted by Crippen LogP contribution is -2.24. The van der Waals surface area contributed by atoms with Gasteiger partial charge in [0.15, 0.2) is 0 Å². The Balaban J connectivity index is 2.18. The molecule has 1 N–H and O–H groups in total. The molecule has 102 valence electrons. The molecule has 2 aromatic rings. The maximum absolute atomic E-state index is 6.10. The Morgan fingerprint density at radius 1 is 1.21 bits per heavy atom. The van der Waals surface area contributed by atoms with Crippen LogP contribution in [0.1, 0.15) is 30.5 Å². The number of hydrogen-bond acceptors (Lipinski definition) is 2. The fourth-order valence-electron chi connectivity index (χ4n) is 2.00. The van der Waals surface area contributed by atoms with Gasteiger partial charge in [-0.2, -0.15) is 0 Å². The molecular weight excluding hydrogens is 281 g/mol. The van der Waals surface area contributed by atoms with E-state index in [0.29, 0.717) is 10.0 Å². The van der Waals surface area contributed by atoms with Gasteiger partial charge in [0.05, 0.1) is 22.6 Å². The second-order valence-corrected chi connectivity index (χ2v) is 5.33. The Hall–Kier alpha value is -0.960. The van der Waals surface area contributed by atoms with Gasteiger partial charge in [-0.05, 0) is 48.7 Å². The summed E-state index contributed by atoms with van der Waals surface area (Å²) in [6, 6.07) is 7.99. The summed E-state index contributed by atoms with van der Waals surface area (Å²) in [4.78, 5) is 0. The van der Waals surface area contributed by atoms with Gasteiger partial charge in [-0.15, -0.1) is 0 Å². The Kier molecular flexibility index (Phi) is 5.32. The average molecular weight is 298 g/mol.